The Kier molecular flexibility index (Phi) is 7.89. The van der Waals surface area contributed by atoms with Gasteiger partial charge < -0.3 is 14.5 Å². The third-order valence-electron chi connectivity index (χ3n) is 5.99. The summed E-state index contributed by atoms with van der Waals surface area (Å²) in [4.78, 5) is 24.4. The number of furan rings is 1. The van der Waals surface area contributed by atoms with Crippen LogP contribution >= 0.6 is 0 Å². The quantitative estimate of drug-likeness (QED) is 0.328. The van der Waals surface area contributed by atoms with Crippen LogP contribution in [-0.2, 0) is 29.2 Å². The van der Waals surface area contributed by atoms with Crippen LogP contribution < -0.4 is 5.32 Å². The van der Waals surface area contributed by atoms with E-state index in [1.54, 1.807) is 49.4 Å². The molecule has 1 aromatic heterocycles. The number of carbonyl (C=O) groups is 2. The van der Waals surface area contributed by atoms with Crippen molar-refractivity contribution in [3.05, 3.63) is 82.5 Å². The maximum Gasteiger partial charge on any atom is 0.338 e. The Labute approximate surface area is 221 Å². The van der Waals surface area contributed by atoms with E-state index >= 15 is 0 Å². The van der Waals surface area contributed by atoms with Crippen LogP contribution in [0.25, 0.3) is 17.4 Å². The van der Waals surface area contributed by atoms with E-state index in [9.17, 15) is 26.4 Å². The molecule has 1 amide bonds. The topological polar surface area (TPSA) is 137 Å². The Morgan fingerprint density at radius 3 is 2.34 bits per heavy atom. The molecular weight excluding hydrogens is 530 g/mol. The lowest BCUT2D eigenvalue weighted by atomic mass is 10.1. The van der Waals surface area contributed by atoms with Gasteiger partial charge in [-0.3, -0.25) is 4.79 Å². The summed E-state index contributed by atoms with van der Waals surface area (Å²) >= 11 is 0. The van der Waals surface area contributed by atoms with Crippen molar-refractivity contribution in [2.24, 2.45) is 0 Å². The lowest BCUT2D eigenvalue weighted by Gasteiger charge is -2.14. The molecule has 0 radical (unpaired) electrons. The number of nitrogens with one attached hydrogen (secondary N) is 1. The lowest BCUT2D eigenvalue weighted by Crippen LogP contribution is -2.38. The van der Waals surface area contributed by atoms with Gasteiger partial charge in [-0.15, -0.1) is 0 Å². The first kappa shape index (κ1) is 27.3. The zero-order chi connectivity index (χ0) is 27.5. The number of ether oxygens (including phenoxy) is 1. The van der Waals surface area contributed by atoms with Crippen molar-refractivity contribution in [2.45, 2.75) is 31.2 Å². The Bertz CT molecular complexity index is 1580. The Morgan fingerprint density at radius 2 is 1.74 bits per heavy atom. The fourth-order valence-electron chi connectivity index (χ4n) is 3.97. The predicted octanol–water partition coefficient (Wildman–Crippen LogP) is 3.55. The second kappa shape index (κ2) is 11.0. The van der Waals surface area contributed by atoms with Crippen LogP contribution in [0.4, 0.5) is 0 Å². The summed E-state index contributed by atoms with van der Waals surface area (Å²) in [6.07, 6.45) is 1.34. The first-order valence-electron chi connectivity index (χ1n) is 11.9. The molecule has 0 bridgehead atoms. The number of hydrogen-bond acceptors (Lipinski definition) is 8. The summed E-state index contributed by atoms with van der Waals surface area (Å²) in [5, 5.41) is 2.56. The van der Waals surface area contributed by atoms with Crippen molar-refractivity contribution >= 4 is 37.6 Å². The van der Waals surface area contributed by atoms with Crippen molar-refractivity contribution in [3.63, 3.8) is 0 Å². The fraction of sp³-hybridized carbons (Fsp3) is 0.259. The molecule has 1 atom stereocenters. The second-order valence-corrected chi connectivity index (χ2v) is 13.0. The Balaban J connectivity index is 1.67. The third-order valence-corrected chi connectivity index (χ3v) is 9.54. The molecule has 0 aliphatic carbocycles. The van der Waals surface area contributed by atoms with Crippen LogP contribution in [0.3, 0.4) is 0 Å². The third kappa shape index (κ3) is 6.22. The van der Waals surface area contributed by atoms with E-state index in [2.05, 4.69) is 5.32 Å². The Morgan fingerprint density at radius 1 is 1.05 bits per heavy atom. The van der Waals surface area contributed by atoms with Crippen molar-refractivity contribution in [1.82, 2.24) is 5.32 Å². The van der Waals surface area contributed by atoms with Gasteiger partial charge in [0.15, 0.2) is 9.84 Å². The summed E-state index contributed by atoms with van der Waals surface area (Å²) in [7, 11) is -7.56. The molecule has 3 aromatic rings. The van der Waals surface area contributed by atoms with Gasteiger partial charge in [-0.2, -0.15) is 0 Å². The largest absolute Gasteiger partial charge is 0.462 e. The highest BCUT2D eigenvalue weighted by Crippen LogP contribution is 2.27. The molecule has 38 heavy (non-hydrogen) atoms. The number of aryl methyl sites for hydroxylation is 1. The van der Waals surface area contributed by atoms with Crippen molar-refractivity contribution < 1.29 is 35.6 Å². The van der Waals surface area contributed by atoms with Gasteiger partial charge in [-0.05, 0) is 56.7 Å². The molecular formula is C27H27NO8S2. The molecule has 1 aliphatic rings. The van der Waals surface area contributed by atoms with E-state index in [-0.39, 0.29) is 35.2 Å². The van der Waals surface area contributed by atoms with Gasteiger partial charge in [0.2, 0.25) is 9.84 Å². The minimum atomic E-state index is -4.27. The van der Waals surface area contributed by atoms with E-state index in [1.165, 1.54) is 18.2 Å². The van der Waals surface area contributed by atoms with Crippen LogP contribution in [0.2, 0.25) is 0 Å². The molecule has 0 saturated carbocycles. The van der Waals surface area contributed by atoms with Gasteiger partial charge in [-0.25, -0.2) is 21.6 Å². The molecule has 1 N–H and O–H groups in total. The normalized spacial score (nSPS) is 17.2. The molecule has 1 aliphatic heterocycles. The van der Waals surface area contributed by atoms with Gasteiger partial charge in [0, 0.05) is 17.7 Å². The zero-order valence-corrected chi connectivity index (χ0v) is 22.5. The van der Waals surface area contributed by atoms with Crippen LogP contribution in [-0.4, -0.2) is 52.9 Å². The minimum Gasteiger partial charge on any atom is -0.462 e. The van der Waals surface area contributed by atoms with Crippen LogP contribution in [0, 0.1) is 6.92 Å². The summed E-state index contributed by atoms with van der Waals surface area (Å²) in [6, 6.07) is 15.0. The maximum atomic E-state index is 13.5. The summed E-state index contributed by atoms with van der Waals surface area (Å²) < 4.78 is 61.5. The molecule has 9 nitrogen and oxygen atoms in total. The molecule has 2 heterocycles. The highest BCUT2D eigenvalue weighted by atomic mass is 32.2. The standard InChI is InChI=1S/C27H27NO8S2/c1-3-35-27(30)20-8-6-19(7-9-20)24-13-10-22(36-24)16-25(26(29)28-21-14-15-37(31,32)17-21)38(33,34)23-11-4-18(2)5-12-23/h4-13,16,21H,3,14-15,17H2,1-2H3,(H,28,29). The highest BCUT2D eigenvalue weighted by molar-refractivity contribution is 7.96. The van der Waals surface area contributed by atoms with E-state index in [0.717, 1.165) is 11.6 Å². The van der Waals surface area contributed by atoms with E-state index in [0.29, 0.717) is 16.9 Å². The van der Waals surface area contributed by atoms with Gasteiger partial charge in [0.05, 0.1) is 28.6 Å². The van der Waals surface area contributed by atoms with Crippen molar-refractivity contribution in [1.29, 1.82) is 0 Å². The zero-order valence-electron chi connectivity index (χ0n) is 20.8. The number of rotatable bonds is 8. The van der Waals surface area contributed by atoms with Gasteiger partial charge in [0.1, 0.15) is 16.4 Å². The fourth-order valence-corrected chi connectivity index (χ4v) is 6.97. The van der Waals surface area contributed by atoms with E-state index in [4.69, 9.17) is 9.15 Å². The summed E-state index contributed by atoms with van der Waals surface area (Å²) in [5.74, 6) is -1.18. The highest BCUT2D eigenvalue weighted by Gasteiger charge is 2.33. The predicted molar refractivity (Wildman–Crippen MR) is 142 cm³/mol. The van der Waals surface area contributed by atoms with Crippen molar-refractivity contribution in [3.8, 4) is 11.3 Å². The summed E-state index contributed by atoms with van der Waals surface area (Å²) in [5.41, 5.74) is 1.85. The number of esters is 1. The van der Waals surface area contributed by atoms with Crippen LogP contribution in [0.5, 0.6) is 0 Å². The van der Waals surface area contributed by atoms with E-state index < -0.39 is 42.5 Å². The SMILES string of the molecule is CCOC(=O)c1ccc(-c2ccc(C=C(C(=O)NC3CCS(=O)(=O)C3)S(=O)(=O)c3ccc(C)cc3)o2)cc1. The number of amides is 1. The first-order chi connectivity index (χ1) is 18.0. The van der Waals surface area contributed by atoms with Gasteiger partial charge >= 0.3 is 5.97 Å². The summed E-state index contributed by atoms with van der Waals surface area (Å²) in [6.45, 7) is 3.78. The van der Waals surface area contributed by atoms with E-state index in [1.807, 2.05) is 6.92 Å². The minimum absolute atomic E-state index is 0.0712. The smallest absolute Gasteiger partial charge is 0.338 e. The maximum absolute atomic E-state index is 13.5. The van der Waals surface area contributed by atoms with Crippen LogP contribution in [0.15, 0.2) is 74.9 Å². The first-order valence-corrected chi connectivity index (χ1v) is 15.2. The number of hydrogen-bond donors (Lipinski definition) is 1. The lowest BCUT2D eigenvalue weighted by molar-refractivity contribution is -0.117. The van der Waals surface area contributed by atoms with Crippen LogP contribution in [0.1, 0.15) is 35.0 Å². The average molecular weight is 558 g/mol. The molecule has 2 aromatic carbocycles. The molecule has 0 spiro atoms. The molecule has 1 fully saturated rings. The number of sulfone groups is 2. The molecule has 1 saturated heterocycles. The molecule has 1 unspecified atom stereocenters. The molecule has 11 heteroatoms. The monoisotopic (exact) mass is 557 g/mol. The average Bonchev–Trinajstić information content (AvgIpc) is 3.48. The molecule has 4 rings (SSSR count). The number of carbonyl (C=O) groups excluding carboxylic acids is 2. The van der Waals surface area contributed by atoms with Crippen molar-refractivity contribution in [2.75, 3.05) is 18.1 Å². The Hall–Kier alpha value is -3.70. The number of benzene rings is 2. The second-order valence-electron chi connectivity index (χ2n) is 8.90. The molecule has 200 valence electrons. The van der Waals surface area contributed by atoms with Gasteiger partial charge in [0.25, 0.3) is 5.91 Å². The van der Waals surface area contributed by atoms with Gasteiger partial charge in [-0.1, -0.05) is 29.8 Å².